The van der Waals surface area contributed by atoms with Gasteiger partial charge in [-0.2, -0.15) is 0 Å². The number of halogens is 2. The van der Waals surface area contributed by atoms with Gasteiger partial charge in [0.1, 0.15) is 5.82 Å². The number of morpholine rings is 1. The molecule has 8 heteroatoms. The molecule has 0 saturated carbocycles. The highest BCUT2D eigenvalue weighted by Crippen LogP contribution is 2.33. The van der Waals surface area contributed by atoms with E-state index < -0.39 is 0 Å². The average Bonchev–Trinajstić information content (AvgIpc) is 3.18. The summed E-state index contributed by atoms with van der Waals surface area (Å²) in [7, 11) is 0. The minimum Gasteiger partial charge on any atom is -0.374 e. The van der Waals surface area contributed by atoms with Crippen molar-refractivity contribution in [3.63, 3.8) is 0 Å². The first kappa shape index (κ1) is 16.6. The smallest absolute Gasteiger partial charge is 0.128 e. The van der Waals surface area contributed by atoms with Gasteiger partial charge >= 0.3 is 0 Å². The quantitative estimate of drug-likeness (QED) is 0.731. The van der Waals surface area contributed by atoms with E-state index in [1.54, 1.807) is 18.6 Å². The van der Waals surface area contributed by atoms with Gasteiger partial charge in [0.05, 0.1) is 40.3 Å². The van der Waals surface area contributed by atoms with Crippen molar-refractivity contribution in [3.8, 4) is 5.69 Å². The van der Waals surface area contributed by atoms with Crippen molar-refractivity contribution in [1.29, 1.82) is 0 Å². The van der Waals surface area contributed by atoms with Gasteiger partial charge in [-0.05, 0) is 12.1 Å². The highest BCUT2D eigenvalue weighted by atomic mass is 35.5. The standard InChI is InChI=1S/C17H17Cl2N5O/c18-13-2-1-12-14(24-5-3-21-10-24)7-15(23-17(12)16(13)19)22-9-11-8-20-4-6-25-11/h1-3,5,7,10-11,20H,4,6,8-9H2,(H,22,23). The van der Waals surface area contributed by atoms with E-state index >= 15 is 0 Å². The van der Waals surface area contributed by atoms with Crippen LogP contribution in [0.5, 0.6) is 0 Å². The number of nitrogens with one attached hydrogen (secondary N) is 2. The molecule has 1 aliphatic rings. The van der Waals surface area contributed by atoms with E-state index in [2.05, 4.69) is 20.6 Å². The number of pyridine rings is 1. The summed E-state index contributed by atoms with van der Waals surface area (Å²) in [5, 5.41) is 8.50. The summed E-state index contributed by atoms with van der Waals surface area (Å²) in [6.07, 6.45) is 5.47. The first-order valence-corrected chi connectivity index (χ1v) is 8.81. The maximum absolute atomic E-state index is 6.40. The van der Waals surface area contributed by atoms with Gasteiger partial charge in [0.25, 0.3) is 0 Å². The van der Waals surface area contributed by atoms with Crippen molar-refractivity contribution >= 4 is 39.9 Å². The van der Waals surface area contributed by atoms with Crippen LogP contribution in [-0.4, -0.2) is 46.9 Å². The maximum Gasteiger partial charge on any atom is 0.128 e. The summed E-state index contributed by atoms with van der Waals surface area (Å²) in [6, 6.07) is 5.68. The molecule has 25 heavy (non-hydrogen) atoms. The molecule has 0 bridgehead atoms. The van der Waals surface area contributed by atoms with Crippen molar-refractivity contribution in [2.75, 3.05) is 31.6 Å². The van der Waals surface area contributed by atoms with Gasteiger partial charge in [-0.25, -0.2) is 9.97 Å². The molecule has 0 aliphatic carbocycles. The molecule has 1 aliphatic heterocycles. The molecule has 6 nitrogen and oxygen atoms in total. The van der Waals surface area contributed by atoms with E-state index in [0.717, 1.165) is 36.6 Å². The molecule has 4 rings (SSSR count). The van der Waals surface area contributed by atoms with E-state index in [-0.39, 0.29) is 6.10 Å². The fourth-order valence-corrected chi connectivity index (χ4v) is 3.25. The molecule has 2 aromatic heterocycles. The third-order valence-electron chi connectivity index (χ3n) is 4.15. The van der Waals surface area contributed by atoms with Crippen LogP contribution in [0.15, 0.2) is 36.9 Å². The lowest BCUT2D eigenvalue weighted by molar-refractivity contribution is 0.0372. The fourth-order valence-electron chi connectivity index (χ4n) is 2.89. The minimum absolute atomic E-state index is 0.109. The number of anilines is 1. The first-order chi connectivity index (χ1) is 12.2. The Balaban J connectivity index is 1.72. The predicted octanol–water partition coefficient (Wildman–Crippen LogP) is 3.13. The van der Waals surface area contributed by atoms with Crippen molar-refractivity contribution < 1.29 is 4.74 Å². The van der Waals surface area contributed by atoms with E-state index in [1.807, 2.05) is 22.9 Å². The van der Waals surface area contributed by atoms with Gasteiger partial charge < -0.3 is 19.9 Å². The van der Waals surface area contributed by atoms with Crippen LogP contribution in [0.2, 0.25) is 10.0 Å². The highest BCUT2D eigenvalue weighted by molar-refractivity contribution is 6.45. The summed E-state index contributed by atoms with van der Waals surface area (Å²) in [5.41, 5.74) is 1.59. The number of benzene rings is 1. The van der Waals surface area contributed by atoms with Crippen LogP contribution in [0.1, 0.15) is 0 Å². The van der Waals surface area contributed by atoms with Gasteiger partial charge in [0, 0.05) is 43.5 Å². The summed E-state index contributed by atoms with van der Waals surface area (Å²) in [4.78, 5) is 8.78. The number of nitrogens with zero attached hydrogens (tertiary/aromatic N) is 3. The van der Waals surface area contributed by atoms with E-state index in [1.165, 1.54) is 0 Å². The first-order valence-electron chi connectivity index (χ1n) is 8.05. The summed E-state index contributed by atoms with van der Waals surface area (Å²) < 4.78 is 7.65. The second kappa shape index (κ2) is 7.17. The van der Waals surface area contributed by atoms with E-state index in [4.69, 9.17) is 27.9 Å². The maximum atomic E-state index is 6.40. The molecule has 3 aromatic rings. The summed E-state index contributed by atoms with van der Waals surface area (Å²) in [6.45, 7) is 3.09. The highest BCUT2D eigenvalue weighted by Gasteiger charge is 2.15. The Labute approximate surface area is 155 Å². The largest absolute Gasteiger partial charge is 0.374 e. The second-order valence-corrected chi connectivity index (χ2v) is 6.62. The Morgan fingerprint density at radius 1 is 1.36 bits per heavy atom. The molecule has 1 fully saturated rings. The Hall–Kier alpha value is -1.86. The molecule has 1 saturated heterocycles. The van der Waals surface area contributed by atoms with Crippen LogP contribution in [-0.2, 0) is 4.74 Å². The Morgan fingerprint density at radius 2 is 2.28 bits per heavy atom. The summed E-state index contributed by atoms with van der Waals surface area (Å²) >= 11 is 12.6. The Kier molecular flexibility index (Phi) is 4.76. The molecule has 0 spiro atoms. The lowest BCUT2D eigenvalue weighted by Crippen LogP contribution is -2.42. The molecule has 1 atom stereocenters. The zero-order valence-corrected chi connectivity index (χ0v) is 14.9. The number of hydrogen-bond acceptors (Lipinski definition) is 5. The number of ether oxygens (including phenoxy) is 1. The molecule has 3 heterocycles. The number of imidazole rings is 1. The number of fused-ring (bicyclic) bond motifs is 1. The van der Waals surface area contributed by atoms with Crippen LogP contribution in [0.4, 0.5) is 5.82 Å². The number of rotatable bonds is 4. The zero-order valence-electron chi connectivity index (χ0n) is 13.4. The molecule has 130 valence electrons. The molecule has 2 N–H and O–H groups in total. The summed E-state index contributed by atoms with van der Waals surface area (Å²) in [5.74, 6) is 0.717. The van der Waals surface area contributed by atoms with Crippen molar-refractivity contribution in [2.24, 2.45) is 0 Å². The van der Waals surface area contributed by atoms with Crippen molar-refractivity contribution in [3.05, 3.63) is 47.0 Å². The third kappa shape index (κ3) is 3.43. The lowest BCUT2D eigenvalue weighted by Gasteiger charge is -2.24. The van der Waals surface area contributed by atoms with E-state index in [9.17, 15) is 0 Å². The number of hydrogen-bond donors (Lipinski definition) is 2. The fraction of sp³-hybridized carbons (Fsp3) is 0.294. The van der Waals surface area contributed by atoms with Crippen LogP contribution >= 0.6 is 23.2 Å². The SMILES string of the molecule is Clc1ccc2c(-n3ccnc3)cc(NCC3CNCCO3)nc2c1Cl. The molecular weight excluding hydrogens is 361 g/mol. The van der Waals surface area contributed by atoms with Gasteiger partial charge in [0.2, 0.25) is 0 Å². The van der Waals surface area contributed by atoms with Gasteiger partial charge in [-0.1, -0.05) is 23.2 Å². The van der Waals surface area contributed by atoms with Crippen LogP contribution in [0.25, 0.3) is 16.6 Å². The van der Waals surface area contributed by atoms with Crippen LogP contribution in [0, 0.1) is 0 Å². The lowest BCUT2D eigenvalue weighted by atomic mass is 10.1. The van der Waals surface area contributed by atoms with Crippen molar-refractivity contribution in [2.45, 2.75) is 6.10 Å². The zero-order chi connectivity index (χ0) is 17.2. The molecule has 1 unspecified atom stereocenters. The Morgan fingerprint density at radius 3 is 3.04 bits per heavy atom. The molecule has 0 amide bonds. The van der Waals surface area contributed by atoms with Crippen molar-refractivity contribution in [1.82, 2.24) is 19.9 Å². The molecular formula is C17H17Cl2N5O. The van der Waals surface area contributed by atoms with E-state index in [0.29, 0.717) is 22.1 Å². The monoisotopic (exact) mass is 377 g/mol. The Bertz CT molecular complexity index is 878. The number of aromatic nitrogens is 3. The normalized spacial score (nSPS) is 17.8. The second-order valence-electron chi connectivity index (χ2n) is 5.83. The van der Waals surface area contributed by atoms with Gasteiger partial charge in [0.15, 0.2) is 0 Å². The van der Waals surface area contributed by atoms with Gasteiger partial charge in [-0.15, -0.1) is 0 Å². The van der Waals surface area contributed by atoms with Crippen LogP contribution < -0.4 is 10.6 Å². The van der Waals surface area contributed by atoms with Crippen LogP contribution in [0.3, 0.4) is 0 Å². The third-order valence-corrected chi connectivity index (χ3v) is 4.94. The average molecular weight is 378 g/mol. The predicted molar refractivity (Wildman–Crippen MR) is 100.0 cm³/mol. The molecule has 1 aromatic carbocycles. The minimum atomic E-state index is 0.109. The molecule has 0 radical (unpaired) electrons. The topological polar surface area (TPSA) is 64.0 Å². The van der Waals surface area contributed by atoms with Gasteiger partial charge in [-0.3, -0.25) is 0 Å².